The van der Waals surface area contributed by atoms with Gasteiger partial charge in [0.15, 0.2) is 0 Å². The average molecular weight is 350 g/mol. The van der Waals surface area contributed by atoms with E-state index in [-0.39, 0.29) is 0 Å². The van der Waals surface area contributed by atoms with Crippen molar-refractivity contribution in [1.29, 1.82) is 5.26 Å². The highest BCUT2D eigenvalue weighted by Gasteiger charge is 2.12. The van der Waals surface area contributed by atoms with E-state index < -0.39 is 0 Å². The van der Waals surface area contributed by atoms with Crippen molar-refractivity contribution in [2.75, 3.05) is 0 Å². The van der Waals surface area contributed by atoms with Crippen molar-refractivity contribution >= 4 is 52.2 Å². The molecule has 0 spiro atoms. The van der Waals surface area contributed by atoms with Crippen LogP contribution in [0.5, 0.6) is 0 Å². The number of nitrogens with zero attached hydrogens (tertiary/aromatic N) is 1. The summed E-state index contributed by atoms with van der Waals surface area (Å²) < 4.78 is 5.37. The second-order valence-electron chi connectivity index (χ2n) is 6.33. The van der Waals surface area contributed by atoms with Crippen molar-refractivity contribution in [3.63, 3.8) is 0 Å². The van der Waals surface area contributed by atoms with E-state index in [1.165, 1.54) is 67.2 Å². The van der Waals surface area contributed by atoms with Gasteiger partial charge >= 0.3 is 0 Å². The summed E-state index contributed by atoms with van der Waals surface area (Å²) >= 11 is 3.72. The number of unbranched alkanes of at least 4 members (excludes halogenated alkanes) is 3. The molecule has 0 saturated heterocycles. The molecule has 0 amide bonds. The van der Waals surface area contributed by atoms with Gasteiger partial charge in [-0.3, -0.25) is 0 Å². The van der Waals surface area contributed by atoms with Gasteiger partial charge in [-0.25, -0.2) is 0 Å². The predicted molar refractivity (Wildman–Crippen MR) is 107 cm³/mol. The number of rotatable bonds is 5. The smallest absolute Gasteiger partial charge is 0.0991 e. The van der Waals surface area contributed by atoms with E-state index in [1.807, 2.05) is 34.8 Å². The van der Waals surface area contributed by atoms with Crippen LogP contribution in [0.25, 0.3) is 29.6 Å². The molecule has 2 aromatic carbocycles. The van der Waals surface area contributed by atoms with Crippen molar-refractivity contribution in [2.24, 2.45) is 0 Å². The minimum atomic E-state index is 0.747. The summed E-state index contributed by atoms with van der Waals surface area (Å²) in [5.74, 6) is 0. The SMILES string of the molecule is CCCCCCc1ccc2c(c1)sc1c3cc(C#N)ccc3sc21. The quantitative estimate of drug-likeness (QED) is 0.348. The molecule has 4 aromatic rings. The van der Waals surface area contributed by atoms with Crippen molar-refractivity contribution in [1.82, 2.24) is 0 Å². The second-order valence-corrected chi connectivity index (χ2v) is 8.43. The number of hydrogen-bond acceptors (Lipinski definition) is 3. The van der Waals surface area contributed by atoms with Gasteiger partial charge < -0.3 is 0 Å². The maximum Gasteiger partial charge on any atom is 0.0991 e. The van der Waals surface area contributed by atoms with Crippen molar-refractivity contribution in [3.8, 4) is 6.07 Å². The van der Waals surface area contributed by atoms with Crippen LogP contribution < -0.4 is 0 Å². The van der Waals surface area contributed by atoms with E-state index >= 15 is 0 Å². The van der Waals surface area contributed by atoms with Crippen LogP contribution in [0.4, 0.5) is 0 Å². The summed E-state index contributed by atoms with van der Waals surface area (Å²) in [5, 5.41) is 11.8. The Labute approximate surface area is 150 Å². The molecule has 2 heterocycles. The molecule has 0 aliphatic carbocycles. The average Bonchev–Trinajstić information content (AvgIpc) is 3.13. The maximum atomic E-state index is 9.16. The minimum Gasteiger partial charge on any atom is -0.192 e. The summed E-state index contributed by atoms with van der Waals surface area (Å²) in [6.45, 7) is 2.26. The molecule has 2 aromatic heterocycles. The molecule has 0 radical (unpaired) electrons. The first-order valence-electron chi connectivity index (χ1n) is 8.58. The summed E-state index contributed by atoms with van der Waals surface area (Å²) in [7, 11) is 0. The fourth-order valence-electron chi connectivity index (χ4n) is 3.28. The number of hydrogen-bond donors (Lipinski definition) is 0. The first-order chi connectivity index (χ1) is 11.8. The van der Waals surface area contributed by atoms with E-state index in [2.05, 4.69) is 37.3 Å². The molecule has 0 aliphatic heterocycles. The Balaban J connectivity index is 1.75. The molecule has 0 fully saturated rings. The lowest BCUT2D eigenvalue weighted by Gasteiger charge is -2.01. The zero-order valence-electron chi connectivity index (χ0n) is 13.8. The molecule has 120 valence electrons. The first-order valence-corrected chi connectivity index (χ1v) is 10.2. The van der Waals surface area contributed by atoms with Crippen molar-refractivity contribution in [3.05, 3.63) is 47.5 Å². The molecule has 3 heteroatoms. The number of aryl methyl sites for hydroxylation is 1. The molecular weight excluding hydrogens is 330 g/mol. The van der Waals surface area contributed by atoms with Gasteiger partial charge in [0.05, 0.1) is 21.0 Å². The Kier molecular flexibility index (Phi) is 4.26. The Hall–Kier alpha value is -1.89. The van der Waals surface area contributed by atoms with Crippen LogP contribution in [-0.2, 0) is 6.42 Å². The van der Waals surface area contributed by atoms with Gasteiger partial charge in [0.1, 0.15) is 0 Å². The Bertz CT molecular complexity index is 1060. The third-order valence-corrected chi connectivity index (χ3v) is 7.11. The van der Waals surface area contributed by atoms with Crippen molar-refractivity contribution < 1.29 is 0 Å². The number of thiophene rings is 2. The molecular formula is C21H19NS2. The van der Waals surface area contributed by atoms with Gasteiger partial charge in [0.25, 0.3) is 0 Å². The highest BCUT2D eigenvalue weighted by atomic mass is 32.1. The number of benzene rings is 2. The Morgan fingerprint density at radius 1 is 0.875 bits per heavy atom. The highest BCUT2D eigenvalue weighted by Crippen LogP contribution is 2.44. The molecule has 0 atom stereocenters. The Morgan fingerprint density at radius 3 is 2.54 bits per heavy atom. The zero-order chi connectivity index (χ0) is 16.5. The number of nitriles is 1. The van der Waals surface area contributed by atoms with Crippen LogP contribution in [0.2, 0.25) is 0 Å². The lowest BCUT2D eigenvalue weighted by Crippen LogP contribution is -1.85. The number of fused-ring (bicyclic) bond motifs is 5. The van der Waals surface area contributed by atoms with Crippen LogP contribution in [0.15, 0.2) is 36.4 Å². The van der Waals surface area contributed by atoms with Gasteiger partial charge in [-0.1, -0.05) is 38.3 Å². The summed E-state index contributed by atoms with van der Waals surface area (Å²) in [4.78, 5) is 0. The van der Waals surface area contributed by atoms with E-state index in [0.717, 1.165) is 5.56 Å². The summed E-state index contributed by atoms with van der Waals surface area (Å²) in [6.07, 6.45) is 6.42. The molecule has 0 unspecified atom stereocenters. The summed E-state index contributed by atoms with van der Waals surface area (Å²) in [6, 6.07) is 15.3. The standard InChI is InChI=1S/C21H19NS2/c1-2-3-4-5-6-14-7-9-16-19(12-14)24-21-17-11-15(13-22)8-10-18(17)23-20(16)21/h7-12H,2-6H2,1H3. The van der Waals surface area contributed by atoms with Gasteiger partial charge in [-0.15, -0.1) is 22.7 Å². The maximum absolute atomic E-state index is 9.16. The third kappa shape index (κ3) is 2.70. The van der Waals surface area contributed by atoms with E-state index in [1.54, 1.807) is 0 Å². The van der Waals surface area contributed by atoms with Gasteiger partial charge in [-0.05, 0) is 42.7 Å². The predicted octanol–water partition coefficient (Wildman–Crippen LogP) is 7.26. The lowest BCUT2D eigenvalue weighted by molar-refractivity contribution is 0.667. The third-order valence-electron chi connectivity index (χ3n) is 4.59. The van der Waals surface area contributed by atoms with Gasteiger partial charge in [0.2, 0.25) is 0 Å². The molecule has 0 N–H and O–H groups in total. The summed E-state index contributed by atoms with van der Waals surface area (Å²) in [5.41, 5.74) is 2.20. The minimum absolute atomic E-state index is 0.747. The zero-order valence-corrected chi connectivity index (χ0v) is 15.4. The molecule has 24 heavy (non-hydrogen) atoms. The fraction of sp³-hybridized carbons (Fsp3) is 0.286. The second kappa shape index (κ2) is 6.55. The largest absolute Gasteiger partial charge is 0.192 e. The Morgan fingerprint density at radius 2 is 1.71 bits per heavy atom. The van der Waals surface area contributed by atoms with Crippen molar-refractivity contribution in [2.45, 2.75) is 39.0 Å². The van der Waals surface area contributed by atoms with Crippen LogP contribution in [0.3, 0.4) is 0 Å². The van der Waals surface area contributed by atoms with E-state index in [4.69, 9.17) is 5.26 Å². The lowest BCUT2D eigenvalue weighted by atomic mass is 10.1. The topological polar surface area (TPSA) is 23.8 Å². The monoisotopic (exact) mass is 349 g/mol. The fourth-order valence-corrected chi connectivity index (χ4v) is 5.97. The highest BCUT2D eigenvalue weighted by molar-refractivity contribution is 7.36. The molecule has 0 saturated carbocycles. The normalized spacial score (nSPS) is 11.5. The molecule has 1 nitrogen and oxygen atoms in total. The molecule has 0 aliphatic rings. The van der Waals surface area contributed by atoms with Gasteiger partial charge in [0, 0.05) is 20.2 Å². The van der Waals surface area contributed by atoms with E-state index in [9.17, 15) is 0 Å². The van der Waals surface area contributed by atoms with Crippen LogP contribution >= 0.6 is 22.7 Å². The van der Waals surface area contributed by atoms with Crippen LogP contribution in [0.1, 0.15) is 43.7 Å². The van der Waals surface area contributed by atoms with Gasteiger partial charge in [-0.2, -0.15) is 5.26 Å². The molecule has 0 bridgehead atoms. The first kappa shape index (κ1) is 15.6. The van der Waals surface area contributed by atoms with E-state index in [0.29, 0.717) is 0 Å². The van der Waals surface area contributed by atoms with Crippen LogP contribution in [-0.4, -0.2) is 0 Å². The molecule has 4 rings (SSSR count). The van der Waals surface area contributed by atoms with Crippen LogP contribution in [0, 0.1) is 11.3 Å².